The van der Waals surface area contributed by atoms with Gasteiger partial charge in [0.2, 0.25) is 0 Å². The molecule has 1 heterocycles. The zero-order chi connectivity index (χ0) is 18.4. The van der Waals surface area contributed by atoms with Crippen LogP contribution in [0.1, 0.15) is 5.56 Å². The number of hydrogen-bond acceptors (Lipinski definition) is 5. The maximum atomic E-state index is 12.0. The van der Waals surface area contributed by atoms with Gasteiger partial charge in [0, 0.05) is 5.69 Å². The van der Waals surface area contributed by atoms with E-state index in [2.05, 4.69) is 5.32 Å². The molecule has 2 aromatic carbocycles. The standard InChI is InChI=1S/C19H20N2O5/c1-24-16-9-7-15(8-10-16)21-12-17(26-19(21)23)11-20-18(22)25-13-14-5-3-2-4-6-14/h2-10,17H,11-13H2,1H3,(H,20,22). The Morgan fingerprint density at radius 3 is 2.62 bits per heavy atom. The van der Waals surface area contributed by atoms with Crippen molar-refractivity contribution < 1.29 is 23.8 Å². The zero-order valence-electron chi connectivity index (χ0n) is 14.4. The van der Waals surface area contributed by atoms with Crippen LogP contribution in [0.15, 0.2) is 54.6 Å². The first-order chi connectivity index (χ1) is 12.7. The number of rotatable bonds is 6. The Hall–Kier alpha value is -3.22. The molecule has 1 N–H and O–H groups in total. The van der Waals surface area contributed by atoms with Gasteiger partial charge in [-0.1, -0.05) is 30.3 Å². The van der Waals surface area contributed by atoms with E-state index >= 15 is 0 Å². The molecule has 3 rings (SSSR count). The number of nitrogens with zero attached hydrogens (tertiary/aromatic N) is 1. The summed E-state index contributed by atoms with van der Waals surface area (Å²) in [6, 6.07) is 16.5. The van der Waals surface area contributed by atoms with E-state index in [1.165, 1.54) is 4.90 Å². The summed E-state index contributed by atoms with van der Waals surface area (Å²) in [4.78, 5) is 25.3. The van der Waals surface area contributed by atoms with E-state index in [1.807, 2.05) is 30.3 Å². The van der Waals surface area contributed by atoms with E-state index in [4.69, 9.17) is 14.2 Å². The van der Waals surface area contributed by atoms with Crippen molar-refractivity contribution in [2.45, 2.75) is 12.7 Å². The average Bonchev–Trinajstić information content (AvgIpc) is 3.06. The molecule has 1 fully saturated rings. The third kappa shape index (κ3) is 4.44. The van der Waals surface area contributed by atoms with Crippen LogP contribution < -0.4 is 15.0 Å². The molecule has 0 spiro atoms. The Morgan fingerprint density at radius 2 is 1.92 bits per heavy atom. The quantitative estimate of drug-likeness (QED) is 0.861. The molecule has 0 radical (unpaired) electrons. The Bertz CT molecular complexity index is 748. The first kappa shape index (κ1) is 17.6. The number of benzene rings is 2. The minimum atomic E-state index is -0.548. The third-order valence-electron chi connectivity index (χ3n) is 3.95. The van der Waals surface area contributed by atoms with Gasteiger partial charge in [0.1, 0.15) is 18.5 Å². The molecule has 7 nitrogen and oxygen atoms in total. The normalized spacial score (nSPS) is 16.1. The molecular weight excluding hydrogens is 336 g/mol. The molecular formula is C19H20N2O5. The number of carbonyl (C=O) groups is 2. The van der Waals surface area contributed by atoms with Crippen molar-refractivity contribution in [2.75, 3.05) is 25.1 Å². The van der Waals surface area contributed by atoms with Gasteiger partial charge in [-0.3, -0.25) is 4.90 Å². The van der Waals surface area contributed by atoms with Crippen LogP contribution in [0.3, 0.4) is 0 Å². The topological polar surface area (TPSA) is 77.1 Å². The molecule has 2 amide bonds. The number of methoxy groups -OCH3 is 1. The summed E-state index contributed by atoms with van der Waals surface area (Å²) in [6.07, 6.45) is -1.43. The summed E-state index contributed by atoms with van der Waals surface area (Å²) in [7, 11) is 1.58. The highest BCUT2D eigenvalue weighted by atomic mass is 16.6. The fraction of sp³-hybridized carbons (Fsp3) is 0.263. The van der Waals surface area contributed by atoms with Gasteiger partial charge in [-0.05, 0) is 29.8 Å². The smallest absolute Gasteiger partial charge is 0.414 e. The summed E-state index contributed by atoms with van der Waals surface area (Å²) in [5.41, 5.74) is 1.62. The number of ether oxygens (including phenoxy) is 3. The van der Waals surface area contributed by atoms with Crippen LogP contribution in [0.2, 0.25) is 0 Å². The lowest BCUT2D eigenvalue weighted by atomic mass is 10.2. The number of amides is 2. The Balaban J connectivity index is 1.45. The molecule has 26 heavy (non-hydrogen) atoms. The lowest BCUT2D eigenvalue weighted by Crippen LogP contribution is -2.34. The number of alkyl carbamates (subject to hydrolysis) is 1. The lowest BCUT2D eigenvalue weighted by molar-refractivity contribution is 0.121. The van der Waals surface area contributed by atoms with Gasteiger partial charge in [-0.2, -0.15) is 0 Å². The van der Waals surface area contributed by atoms with Crippen LogP contribution in [0.4, 0.5) is 15.3 Å². The van der Waals surface area contributed by atoms with E-state index in [0.717, 1.165) is 5.56 Å². The molecule has 0 aromatic heterocycles. The molecule has 1 aliphatic heterocycles. The van der Waals surface area contributed by atoms with Crippen molar-refractivity contribution in [3.8, 4) is 5.75 Å². The number of carbonyl (C=O) groups excluding carboxylic acids is 2. The molecule has 1 unspecified atom stereocenters. The molecule has 1 aliphatic rings. The summed E-state index contributed by atoms with van der Waals surface area (Å²) in [5, 5.41) is 2.62. The lowest BCUT2D eigenvalue weighted by Gasteiger charge is -2.13. The van der Waals surface area contributed by atoms with E-state index < -0.39 is 18.3 Å². The highest BCUT2D eigenvalue weighted by molar-refractivity contribution is 5.89. The average molecular weight is 356 g/mol. The Morgan fingerprint density at radius 1 is 1.19 bits per heavy atom. The van der Waals surface area contributed by atoms with Crippen LogP contribution in [-0.2, 0) is 16.1 Å². The Kier molecular flexibility index (Phi) is 5.58. The highest BCUT2D eigenvalue weighted by Gasteiger charge is 2.32. The number of nitrogens with one attached hydrogen (secondary N) is 1. The van der Waals surface area contributed by atoms with Crippen LogP contribution in [0.25, 0.3) is 0 Å². The number of anilines is 1. The van der Waals surface area contributed by atoms with E-state index in [-0.39, 0.29) is 13.2 Å². The van der Waals surface area contributed by atoms with Crippen molar-refractivity contribution in [2.24, 2.45) is 0 Å². The van der Waals surface area contributed by atoms with Gasteiger partial charge in [0.15, 0.2) is 0 Å². The predicted octanol–water partition coefficient (Wildman–Crippen LogP) is 2.95. The second-order valence-corrected chi connectivity index (χ2v) is 5.76. The minimum absolute atomic E-state index is 0.187. The van der Waals surface area contributed by atoms with Crippen molar-refractivity contribution in [1.82, 2.24) is 5.32 Å². The van der Waals surface area contributed by atoms with Gasteiger partial charge in [0.25, 0.3) is 0 Å². The van der Waals surface area contributed by atoms with Gasteiger partial charge in [-0.25, -0.2) is 9.59 Å². The first-order valence-corrected chi connectivity index (χ1v) is 8.22. The van der Waals surface area contributed by atoms with Crippen LogP contribution in [0, 0.1) is 0 Å². The third-order valence-corrected chi connectivity index (χ3v) is 3.95. The summed E-state index contributed by atoms with van der Waals surface area (Å²) < 4.78 is 15.5. The monoisotopic (exact) mass is 356 g/mol. The summed E-state index contributed by atoms with van der Waals surface area (Å²) in [5.74, 6) is 0.709. The summed E-state index contributed by atoms with van der Waals surface area (Å²) >= 11 is 0. The maximum Gasteiger partial charge on any atom is 0.414 e. The second-order valence-electron chi connectivity index (χ2n) is 5.76. The highest BCUT2D eigenvalue weighted by Crippen LogP contribution is 2.23. The molecule has 1 atom stereocenters. The molecule has 0 bridgehead atoms. The SMILES string of the molecule is COc1ccc(N2CC(CNC(=O)OCc3ccccc3)OC2=O)cc1. The van der Waals surface area contributed by atoms with Gasteiger partial charge in [0.05, 0.1) is 20.2 Å². The molecule has 7 heteroatoms. The number of hydrogen-bond donors (Lipinski definition) is 1. The second kappa shape index (κ2) is 8.24. The molecule has 0 saturated carbocycles. The van der Waals surface area contributed by atoms with Crippen LogP contribution >= 0.6 is 0 Å². The Labute approximate surface area is 151 Å². The summed E-state index contributed by atoms with van der Waals surface area (Å²) in [6.45, 7) is 0.727. The van der Waals surface area contributed by atoms with E-state index in [9.17, 15) is 9.59 Å². The fourth-order valence-electron chi connectivity index (χ4n) is 2.57. The van der Waals surface area contributed by atoms with Crippen LogP contribution in [-0.4, -0.2) is 38.5 Å². The number of cyclic esters (lactones) is 1. The van der Waals surface area contributed by atoms with Gasteiger partial charge in [-0.15, -0.1) is 0 Å². The molecule has 2 aromatic rings. The van der Waals surface area contributed by atoms with E-state index in [1.54, 1.807) is 31.4 Å². The molecule has 1 saturated heterocycles. The zero-order valence-corrected chi connectivity index (χ0v) is 14.4. The predicted molar refractivity (Wildman–Crippen MR) is 95.2 cm³/mol. The van der Waals surface area contributed by atoms with Crippen molar-refractivity contribution >= 4 is 17.9 Å². The first-order valence-electron chi connectivity index (χ1n) is 8.22. The van der Waals surface area contributed by atoms with Crippen molar-refractivity contribution in [3.63, 3.8) is 0 Å². The molecule has 136 valence electrons. The molecule has 0 aliphatic carbocycles. The van der Waals surface area contributed by atoms with Crippen LogP contribution in [0.5, 0.6) is 5.75 Å². The minimum Gasteiger partial charge on any atom is -0.497 e. The van der Waals surface area contributed by atoms with Crippen molar-refractivity contribution in [3.05, 3.63) is 60.2 Å². The fourth-order valence-corrected chi connectivity index (χ4v) is 2.57. The van der Waals surface area contributed by atoms with Gasteiger partial charge >= 0.3 is 12.2 Å². The van der Waals surface area contributed by atoms with E-state index in [0.29, 0.717) is 18.0 Å². The van der Waals surface area contributed by atoms with Crippen molar-refractivity contribution in [1.29, 1.82) is 0 Å². The maximum absolute atomic E-state index is 12.0. The van der Waals surface area contributed by atoms with Gasteiger partial charge < -0.3 is 19.5 Å². The largest absolute Gasteiger partial charge is 0.497 e.